The fraction of sp³-hybridized carbons (Fsp3) is 0.600. The first-order valence-electron chi connectivity index (χ1n) is 6.76. The molecule has 3 heteroatoms. The molecule has 2 unspecified atom stereocenters. The van der Waals surface area contributed by atoms with Crippen LogP contribution in [-0.2, 0) is 6.42 Å². The standard InChI is InChI=1S/C15H23NOS/c1-16-13(15-9-5-6-10-18-15)11-12-7-3-4-8-14(12)17-2/h3-4,7-8,13,15-16H,5-6,9-11H2,1-2H3. The Balaban J connectivity index is 2.04. The number of benzene rings is 1. The van der Waals surface area contributed by atoms with E-state index in [0.717, 1.165) is 17.4 Å². The molecule has 1 aliphatic heterocycles. The van der Waals surface area contributed by atoms with Gasteiger partial charge in [-0.15, -0.1) is 0 Å². The minimum atomic E-state index is 0.548. The molecule has 100 valence electrons. The monoisotopic (exact) mass is 265 g/mol. The van der Waals surface area contributed by atoms with Crippen LogP contribution in [0.3, 0.4) is 0 Å². The summed E-state index contributed by atoms with van der Waals surface area (Å²) in [5.74, 6) is 2.33. The highest BCUT2D eigenvalue weighted by Gasteiger charge is 2.23. The van der Waals surface area contributed by atoms with E-state index < -0.39 is 0 Å². The fourth-order valence-corrected chi connectivity index (χ4v) is 4.08. The van der Waals surface area contributed by atoms with Crippen LogP contribution < -0.4 is 10.1 Å². The number of likely N-dealkylation sites (N-methyl/N-ethyl adjacent to an activating group) is 1. The lowest BCUT2D eigenvalue weighted by molar-refractivity contribution is 0.404. The van der Waals surface area contributed by atoms with Crippen LogP contribution in [0, 0.1) is 0 Å². The summed E-state index contributed by atoms with van der Waals surface area (Å²) in [4.78, 5) is 0. The van der Waals surface area contributed by atoms with E-state index >= 15 is 0 Å². The molecule has 18 heavy (non-hydrogen) atoms. The maximum Gasteiger partial charge on any atom is 0.122 e. The van der Waals surface area contributed by atoms with Gasteiger partial charge in [0.2, 0.25) is 0 Å². The quantitative estimate of drug-likeness (QED) is 0.884. The molecular weight excluding hydrogens is 242 g/mol. The average Bonchev–Trinajstić information content (AvgIpc) is 2.46. The first-order valence-corrected chi connectivity index (χ1v) is 7.80. The van der Waals surface area contributed by atoms with Gasteiger partial charge in [0.1, 0.15) is 5.75 Å². The van der Waals surface area contributed by atoms with E-state index in [1.165, 1.54) is 30.6 Å². The highest BCUT2D eigenvalue weighted by Crippen LogP contribution is 2.30. The van der Waals surface area contributed by atoms with Crippen LogP contribution in [-0.4, -0.2) is 31.2 Å². The number of para-hydroxylation sites is 1. The molecule has 1 heterocycles. The van der Waals surface area contributed by atoms with Gasteiger partial charge in [0.25, 0.3) is 0 Å². The van der Waals surface area contributed by atoms with E-state index in [4.69, 9.17) is 4.74 Å². The van der Waals surface area contributed by atoms with Crippen molar-refractivity contribution in [1.29, 1.82) is 0 Å². The highest BCUT2D eigenvalue weighted by molar-refractivity contribution is 8.00. The molecule has 0 saturated carbocycles. The van der Waals surface area contributed by atoms with Gasteiger partial charge in [-0.25, -0.2) is 0 Å². The Bertz CT molecular complexity index is 363. The molecule has 1 fully saturated rings. The van der Waals surface area contributed by atoms with E-state index in [9.17, 15) is 0 Å². The van der Waals surface area contributed by atoms with Crippen LogP contribution in [0.25, 0.3) is 0 Å². The molecule has 2 rings (SSSR count). The molecule has 0 aliphatic carbocycles. The van der Waals surface area contributed by atoms with Crippen molar-refractivity contribution in [3.63, 3.8) is 0 Å². The summed E-state index contributed by atoms with van der Waals surface area (Å²) in [6.07, 6.45) is 5.15. The van der Waals surface area contributed by atoms with E-state index in [0.29, 0.717) is 6.04 Å². The van der Waals surface area contributed by atoms with Gasteiger partial charge in [-0.2, -0.15) is 11.8 Å². The Labute approximate surface area is 114 Å². The summed E-state index contributed by atoms with van der Waals surface area (Å²) in [6, 6.07) is 8.91. The Morgan fingerprint density at radius 1 is 1.39 bits per heavy atom. The number of ether oxygens (including phenoxy) is 1. The summed E-state index contributed by atoms with van der Waals surface area (Å²) >= 11 is 2.13. The summed E-state index contributed by atoms with van der Waals surface area (Å²) in [7, 11) is 3.83. The lowest BCUT2D eigenvalue weighted by atomic mass is 9.99. The van der Waals surface area contributed by atoms with Crippen LogP contribution in [0.15, 0.2) is 24.3 Å². The van der Waals surface area contributed by atoms with Crippen LogP contribution in [0.1, 0.15) is 24.8 Å². The molecule has 1 N–H and O–H groups in total. The minimum Gasteiger partial charge on any atom is -0.496 e. The van der Waals surface area contributed by atoms with Gasteiger partial charge in [-0.05, 0) is 43.7 Å². The Morgan fingerprint density at radius 2 is 2.22 bits per heavy atom. The molecule has 0 aromatic heterocycles. The predicted octanol–water partition coefficient (Wildman–Crippen LogP) is 3.11. The first-order chi connectivity index (χ1) is 8.85. The zero-order valence-electron chi connectivity index (χ0n) is 11.3. The minimum absolute atomic E-state index is 0.548. The molecule has 2 atom stereocenters. The van der Waals surface area contributed by atoms with Gasteiger partial charge < -0.3 is 10.1 Å². The van der Waals surface area contributed by atoms with E-state index in [1.807, 2.05) is 6.07 Å². The van der Waals surface area contributed by atoms with Crippen molar-refractivity contribution < 1.29 is 4.74 Å². The van der Waals surface area contributed by atoms with Gasteiger partial charge in [0, 0.05) is 11.3 Å². The summed E-state index contributed by atoms with van der Waals surface area (Å²) < 4.78 is 5.44. The number of rotatable bonds is 5. The molecule has 2 nitrogen and oxygen atoms in total. The zero-order valence-corrected chi connectivity index (χ0v) is 12.1. The first kappa shape index (κ1) is 13.8. The number of hydrogen-bond acceptors (Lipinski definition) is 3. The highest BCUT2D eigenvalue weighted by atomic mass is 32.2. The molecule has 1 aromatic rings. The molecule has 1 aromatic carbocycles. The van der Waals surface area contributed by atoms with Crippen molar-refractivity contribution in [1.82, 2.24) is 5.32 Å². The summed E-state index contributed by atoms with van der Waals surface area (Å²) in [5, 5.41) is 4.24. The molecule has 0 bridgehead atoms. The lowest BCUT2D eigenvalue weighted by Crippen LogP contribution is -2.39. The van der Waals surface area contributed by atoms with Gasteiger partial charge >= 0.3 is 0 Å². The molecule has 1 aliphatic rings. The smallest absolute Gasteiger partial charge is 0.122 e. The Hall–Kier alpha value is -0.670. The molecule has 0 radical (unpaired) electrons. The van der Waals surface area contributed by atoms with Gasteiger partial charge in [-0.3, -0.25) is 0 Å². The van der Waals surface area contributed by atoms with E-state index in [-0.39, 0.29) is 0 Å². The van der Waals surface area contributed by atoms with Crippen LogP contribution in [0.2, 0.25) is 0 Å². The van der Waals surface area contributed by atoms with Crippen LogP contribution >= 0.6 is 11.8 Å². The molecular formula is C15H23NOS. The van der Waals surface area contributed by atoms with Crippen LogP contribution in [0.4, 0.5) is 0 Å². The second kappa shape index (κ2) is 7.05. The summed E-state index contributed by atoms with van der Waals surface area (Å²) in [6.45, 7) is 0. The van der Waals surface area contributed by atoms with Crippen molar-refractivity contribution in [3.8, 4) is 5.75 Å². The largest absolute Gasteiger partial charge is 0.496 e. The second-order valence-electron chi connectivity index (χ2n) is 4.82. The van der Waals surface area contributed by atoms with E-state index in [1.54, 1.807) is 7.11 Å². The average molecular weight is 265 g/mol. The third-order valence-corrected chi connectivity index (χ3v) is 5.18. The predicted molar refractivity (Wildman–Crippen MR) is 79.6 cm³/mol. The topological polar surface area (TPSA) is 21.3 Å². The Morgan fingerprint density at radius 3 is 2.89 bits per heavy atom. The fourth-order valence-electron chi connectivity index (χ4n) is 2.61. The normalized spacial score (nSPS) is 21.6. The molecule has 1 saturated heterocycles. The van der Waals surface area contributed by atoms with Crippen molar-refractivity contribution in [2.45, 2.75) is 37.0 Å². The van der Waals surface area contributed by atoms with Crippen molar-refractivity contribution in [2.24, 2.45) is 0 Å². The second-order valence-corrected chi connectivity index (χ2v) is 6.16. The molecule has 0 spiro atoms. The number of hydrogen-bond donors (Lipinski definition) is 1. The third kappa shape index (κ3) is 3.42. The number of methoxy groups -OCH3 is 1. The SMILES string of the molecule is CNC(Cc1ccccc1OC)C1CCCCS1. The summed E-state index contributed by atoms with van der Waals surface area (Å²) in [5.41, 5.74) is 1.31. The molecule has 0 amide bonds. The maximum atomic E-state index is 5.44. The Kier molecular flexibility index (Phi) is 5.39. The van der Waals surface area contributed by atoms with Gasteiger partial charge in [-0.1, -0.05) is 24.6 Å². The third-order valence-electron chi connectivity index (χ3n) is 3.67. The maximum absolute atomic E-state index is 5.44. The van der Waals surface area contributed by atoms with Crippen molar-refractivity contribution in [3.05, 3.63) is 29.8 Å². The lowest BCUT2D eigenvalue weighted by Gasteiger charge is -2.30. The van der Waals surface area contributed by atoms with Crippen molar-refractivity contribution in [2.75, 3.05) is 19.9 Å². The van der Waals surface area contributed by atoms with Gasteiger partial charge in [0.15, 0.2) is 0 Å². The van der Waals surface area contributed by atoms with Crippen LogP contribution in [0.5, 0.6) is 5.75 Å². The van der Waals surface area contributed by atoms with Gasteiger partial charge in [0.05, 0.1) is 7.11 Å². The zero-order chi connectivity index (χ0) is 12.8. The number of thioether (sulfide) groups is 1. The van der Waals surface area contributed by atoms with E-state index in [2.05, 4.69) is 42.3 Å². The van der Waals surface area contributed by atoms with Crippen molar-refractivity contribution >= 4 is 11.8 Å². The number of nitrogens with one attached hydrogen (secondary N) is 1.